The van der Waals surface area contributed by atoms with Crippen molar-refractivity contribution in [3.63, 3.8) is 0 Å². The zero-order valence-corrected chi connectivity index (χ0v) is 15.8. The molecular formula is C19H20F2N6O. The van der Waals surface area contributed by atoms with Crippen molar-refractivity contribution in [1.82, 2.24) is 25.1 Å². The number of amides is 1. The summed E-state index contributed by atoms with van der Waals surface area (Å²) in [5.41, 5.74) is 1.64. The molecule has 0 unspecified atom stereocenters. The van der Waals surface area contributed by atoms with Gasteiger partial charge in [0.05, 0.1) is 11.3 Å². The summed E-state index contributed by atoms with van der Waals surface area (Å²) in [5.74, 6) is -0.443. The topological polar surface area (TPSA) is 84.7 Å². The van der Waals surface area contributed by atoms with Crippen molar-refractivity contribution in [2.45, 2.75) is 20.8 Å². The highest BCUT2D eigenvalue weighted by atomic mass is 19.1. The number of nitrogens with zero attached hydrogens (tertiary/aromatic N) is 4. The first kappa shape index (κ1) is 19.4. The van der Waals surface area contributed by atoms with Crippen molar-refractivity contribution < 1.29 is 13.6 Å². The van der Waals surface area contributed by atoms with Gasteiger partial charge in [0.1, 0.15) is 23.3 Å². The summed E-state index contributed by atoms with van der Waals surface area (Å²) in [7, 11) is 0. The largest absolute Gasteiger partial charge is 0.368 e. The molecule has 7 nitrogen and oxygen atoms in total. The van der Waals surface area contributed by atoms with Crippen LogP contribution in [0.1, 0.15) is 27.6 Å². The third kappa shape index (κ3) is 4.48. The third-order valence-corrected chi connectivity index (χ3v) is 3.94. The molecule has 146 valence electrons. The molecule has 9 heteroatoms. The first-order chi connectivity index (χ1) is 13.3. The third-order valence-electron chi connectivity index (χ3n) is 3.94. The maximum absolute atomic E-state index is 13.6. The van der Waals surface area contributed by atoms with E-state index < -0.39 is 17.5 Å². The van der Waals surface area contributed by atoms with Crippen molar-refractivity contribution in [2.75, 3.05) is 18.4 Å². The summed E-state index contributed by atoms with van der Waals surface area (Å²) >= 11 is 0. The minimum Gasteiger partial charge on any atom is -0.368 e. The fourth-order valence-electron chi connectivity index (χ4n) is 2.75. The highest BCUT2D eigenvalue weighted by Gasteiger charge is 2.12. The molecule has 3 rings (SSSR count). The maximum atomic E-state index is 13.6. The lowest BCUT2D eigenvalue weighted by molar-refractivity contribution is 0.0951. The normalized spacial score (nSPS) is 10.8. The number of benzene rings is 1. The van der Waals surface area contributed by atoms with Crippen LogP contribution in [-0.2, 0) is 0 Å². The molecule has 0 aliphatic carbocycles. The standard InChI is InChI=1S/C19H20F2N6O/c1-11-8-12(2)27(26-11)18-10-17(24-13(3)25-18)22-6-7-23-19(28)15-5-4-14(20)9-16(15)21/h4-5,8-10H,6-7H2,1-3H3,(H,23,28)(H,22,24,25). The van der Waals surface area contributed by atoms with Gasteiger partial charge in [0.2, 0.25) is 0 Å². The first-order valence-corrected chi connectivity index (χ1v) is 8.70. The molecule has 2 N–H and O–H groups in total. The molecule has 0 atom stereocenters. The molecule has 0 radical (unpaired) electrons. The Bertz CT molecular complexity index is 1020. The van der Waals surface area contributed by atoms with Crippen molar-refractivity contribution in [2.24, 2.45) is 0 Å². The summed E-state index contributed by atoms with van der Waals surface area (Å²) < 4.78 is 28.3. The van der Waals surface area contributed by atoms with Crippen LogP contribution in [0.4, 0.5) is 14.6 Å². The van der Waals surface area contributed by atoms with E-state index in [1.165, 1.54) is 0 Å². The van der Waals surface area contributed by atoms with E-state index in [1.54, 1.807) is 17.7 Å². The van der Waals surface area contributed by atoms with Gasteiger partial charge >= 0.3 is 0 Å². The van der Waals surface area contributed by atoms with Crippen LogP contribution in [0.2, 0.25) is 0 Å². The summed E-state index contributed by atoms with van der Waals surface area (Å²) in [6.07, 6.45) is 0. The highest BCUT2D eigenvalue weighted by Crippen LogP contribution is 2.14. The number of carbonyl (C=O) groups is 1. The van der Waals surface area contributed by atoms with Crippen LogP contribution < -0.4 is 10.6 Å². The number of nitrogens with one attached hydrogen (secondary N) is 2. The van der Waals surface area contributed by atoms with E-state index in [-0.39, 0.29) is 12.1 Å². The smallest absolute Gasteiger partial charge is 0.254 e. The Morgan fingerprint density at radius 2 is 1.86 bits per heavy atom. The zero-order valence-electron chi connectivity index (χ0n) is 15.8. The van der Waals surface area contributed by atoms with Crippen molar-refractivity contribution >= 4 is 11.7 Å². The van der Waals surface area contributed by atoms with Crippen molar-refractivity contribution in [3.8, 4) is 5.82 Å². The van der Waals surface area contributed by atoms with E-state index in [4.69, 9.17) is 0 Å². The monoisotopic (exact) mass is 386 g/mol. The Morgan fingerprint density at radius 1 is 1.07 bits per heavy atom. The molecule has 0 saturated carbocycles. The zero-order chi connectivity index (χ0) is 20.3. The molecule has 0 spiro atoms. The predicted octanol–water partition coefficient (Wildman–Crippen LogP) is 2.71. The fourth-order valence-corrected chi connectivity index (χ4v) is 2.75. The van der Waals surface area contributed by atoms with Gasteiger partial charge in [-0.3, -0.25) is 4.79 Å². The average molecular weight is 386 g/mol. The van der Waals surface area contributed by atoms with Gasteiger partial charge in [0.15, 0.2) is 5.82 Å². The van der Waals surface area contributed by atoms with E-state index in [0.29, 0.717) is 30.1 Å². The molecule has 2 heterocycles. The van der Waals surface area contributed by atoms with Crippen LogP contribution >= 0.6 is 0 Å². The van der Waals surface area contributed by atoms with Crippen molar-refractivity contribution in [3.05, 3.63) is 64.7 Å². The molecule has 28 heavy (non-hydrogen) atoms. The predicted molar refractivity (Wildman–Crippen MR) is 101 cm³/mol. The van der Waals surface area contributed by atoms with Gasteiger partial charge in [-0.05, 0) is 39.0 Å². The minimum atomic E-state index is -0.897. The second-order valence-corrected chi connectivity index (χ2v) is 6.30. The Morgan fingerprint density at radius 3 is 2.54 bits per heavy atom. The van der Waals surface area contributed by atoms with Gasteiger partial charge in [0.25, 0.3) is 5.91 Å². The van der Waals surface area contributed by atoms with Crippen molar-refractivity contribution in [1.29, 1.82) is 0 Å². The van der Waals surface area contributed by atoms with Gasteiger partial charge in [-0.2, -0.15) is 5.10 Å². The fraction of sp³-hybridized carbons (Fsp3) is 0.263. The number of halogens is 2. The molecule has 1 aromatic carbocycles. The van der Waals surface area contributed by atoms with Crippen LogP contribution in [0.5, 0.6) is 0 Å². The SMILES string of the molecule is Cc1cc(C)n(-c2cc(NCCNC(=O)c3ccc(F)cc3F)nc(C)n2)n1. The number of rotatable bonds is 6. The Hall–Kier alpha value is -3.36. The maximum Gasteiger partial charge on any atom is 0.254 e. The number of anilines is 1. The molecule has 0 bridgehead atoms. The molecule has 0 aliphatic heterocycles. The average Bonchev–Trinajstić information content (AvgIpc) is 2.96. The summed E-state index contributed by atoms with van der Waals surface area (Å²) in [4.78, 5) is 20.7. The van der Waals surface area contributed by atoms with Gasteiger partial charge in [-0.25, -0.2) is 23.4 Å². The number of aryl methyl sites for hydroxylation is 3. The van der Waals surface area contributed by atoms with Crippen LogP contribution in [0.15, 0.2) is 30.3 Å². The first-order valence-electron chi connectivity index (χ1n) is 8.70. The van der Waals surface area contributed by atoms with Gasteiger partial charge in [-0.15, -0.1) is 0 Å². The molecule has 0 aliphatic rings. The Labute approximate surface area is 160 Å². The minimum absolute atomic E-state index is 0.203. The summed E-state index contributed by atoms with van der Waals surface area (Å²) in [5, 5.41) is 10.1. The Balaban J connectivity index is 1.60. The van der Waals surface area contributed by atoms with Gasteiger partial charge in [0, 0.05) is 30.9 Å². The second-order valence-electron chi connectivity index (χ2n) is 6.30. The molecular weight excluding hydrogens is 366 g/mol. The van der Waals surface area contributed by atoms with E-state index in [1.807, 2.05) is 19.9 Å². The van der Waals surface area contributed by atoms with E-state index in [2.05, 4.69) is 25.7 Å². The molecule has 0 saturated heterocycles. The second kappa shape index (κ2) is 8.12. The quantitative estimate of drug-likeness (QED) is 0.637. The van der Waals surface area contributed by atoms with Gasteiger partial charge in [-0.1, -0.05) is 0 Å². The lowest BCUT2D eigenvalue weighted by atomic mass is 10.2. The number of hydrogen-bond acceptors (Lipinski definition) is 5. The summed E-state index contributed by atoms with van der Waals surface area (Å²) in [6, 6.07) is 6.54. The molecule has 3 aromatic rings. The molecule has 2 aromatic heterocycles. The lowest BCUT2D eigenvalue weighted by Crippen LogP contribution is -2.29. The lowest BCUT2D eigenvalue weighted by Gasteiger charge is -2.10. The van der Waals surface area contributed by atoms with E-state index in [0.717, 1.165) is 23.5 Å². The molecule has 0 fully saturated rings. The number of carbonyl (C=O) groups excluding carboxylic acids is 1. The van der Waals surface area contributed by atoms with E-state index >= 15 is 0 Å². The number of hydrogen-bond donors (Lipinski definition) is 2. The molecule has 1 amide bonds. The van der Waals surface area contributed by atoms with E-state index in [9.17, 15) is 13.6 Å². The number of aromatic nitrogens is 4. The van der Waals surface area contributed by atoms with Gasteiger partial charge < -0.3 is 10.6 Å². The Kier molecular flexibility index (Phi) is 5.62. The van der Waals surface area contributed by atoms with Crippen LogP contribution in [-0.4, -0.2) is 38.7 Å². The van der Waals surface area contributed by atoms with Crippen LogP contribution in [0.3, 0.4) is 0 Å². The summed E-state index contributed by atoms with van der Waals surface area (Å²) in [6.45, 7) is 6.22. The van der Waals surface area contributed by atoms with Crippen LogP contribution in [0, 0.1) is 32.4 Å². The van der Waals surface area contributed by atoms with Crippen LogP contribution in [0.25, 0.3) is 5.82 Å². The highest BCUT2D eigenvalue weighted by molar-refractivity contribution is 5.94.